The molecule has 2 aromatic carbocycles. The molecule has 5 heteroatoms. The van der Waals surface area contributed by atoms with E-state index in [-0.39, 0.29) is 10.8 Å². The van der Waals surface area contributed by atoms with Crippen molar-refractivity contribution in [3.63, 3.8) is 0 Å². The predicted octanol–water partition coefficient (Wildman–Crippen LogP) is 5.13. The van der Waals surface area contributed by atoms with E-state index in [1.54, 1.807) is 24.3 Å². The zero-order valence-electron chi connectivity index (χ0n) is 10.0. The molecule has 102 valence electrons. The van der Waals surface area contributed by atoms with Gasteiger partial charge < -0.3 is 4.74 Å². The van der Waals surface area contributed by atoms with Crippen LogP contribution in [0.4, 0.5) is 13.2 Å². The minimum Gasteiger partial charge on any atom is -0.456 e. The lowest BCUT2D eigenvalue weighted by molar-refractivity contribution is -0.137. The summed E-state index contributed by atoms with van der Waals surface area (Å²) in [6.45, 7) is 0. The first-order valence-electron chi connectivity index (χ1n) is 5.51. The van der Waals surface area contributed by atoms with Crippen LogP contribution in [0.15, 0.2) is 42.5 Å². The van der Waals surface area contributed by atoms with E-state index in [4.69, 9.17) is 22.8 Å². The van der Waals surface area contributed by atoms with Gasteiger partial charge in [0.15, 0.2) is 0 Å². The maximum absolute atomic E-state index is 12.5. The summed E-state index contributed by atoms with van der Waals surface area (Å²) in [5.41, 5.74) is -0.145. The van der Waals surface area contributed by atoms with Crippen molar-refractivity contribution in [1.82, 2.24) is 0 Å². The van der Waals surface area contributed by atoms with Crippen LogP contribution in [0.3, 0.4) is 0 Å². The van der Waals surface area contributed by atoms with E-state index in [1.165, 1.54) is 6.07 Å². The lowest BCUT2D eigenvalue weighted by Gasteiger charge is -2.11. The molecule has 0 N–H and O–H groups in total. The van der Waals surface area contributed by atoms with E-state index >= 15 is 0 Å². The van der Waals surface area contributed by atoms with Crippen molar-refractivity contribution in [3.05, 3.63) is 58.6 Å². The molecule has 0 fully saturated rings. The molecule has 0 bridgehead atoms. The minimum absolute atomic E-state index is 0.110. The number of halogens is 4. The molecular weight excluding hydrogens is 289 g/mol. The van der Waals surface area contributed by atoms with Crippen LogP contribution in [0.5, 0.6) is 11.5 Å². The standard InChI is InChI=1S/C15H8ClF3O/c1-2-10-3-6-12(7-4-10)20-14-8-5-11(9-13(14)16)15(17,18)19/h1,3-9H. The van der Waals surface area contributed by atoms with Gasteiger partial charge in [-0.2, -0.15) is 13.2 Å². The Hall–Kier alpha value is -2.12. The Kier molecular flexibility index (Phi) is 3.91. The average molecular weight is 297 g/mol. The molecule has 0 amide bonds. The van der Waals surface area contributed by atoms with Gasteiger partial charge in [-0.05, 0) is 42.5 Å². The summed E-state index contributed by atoms with van der Waals surface area (Å²) >= 11 is 5.79. The first kappa shape index (κ1) is 14.3. The fraction of sp³-hybridized carbons (Fsp3) is 0.0667. The molecule has 0 radical (unpaired) electrons. The van der Waals surface area contributed by atoms with Crippen molar-refractivity contribution < 1.29 is 17.9 Å². The summed E-state index contributed by atoms with van der Waals surface area (Å²) in [7, 11) is 0. The third-order valence-electron chi connectivity index (χ3n) is 2.51. The predicted molar refractivity (Wildman–Crippen MR) is 70.9 cm³/mol. The minimum atomic E-state index is -4.43. The summed E-state index contributed by atoms with van der Waals surface area (Å²) in [4.78, 5) is 0. The Morgan fingerprint density at radius 1 is 1.05 bits per heavy atom. The van der Waals surface area contributed by atoms with Gasteiger partial charge in [0.2, 0.25) is 0 Å². The number of ether oxygens (including phenoxy) is 1. The smallest absolute Gasteiger partial charge is 0.416 e. The second-order valence-electron chi connectivity index (χ2n) is 3.91. The molecule has 1 nitrogen and oxygen atoms in total. The van der Waals surface area contributed by atoms with Gasteiger partial charge >= 0.3 is 6.18 Å². The molecule has 0 saturated carbocycles. The second-order valence-corrected chi connectivity index (χ2v) is 4.32. The highest BCUT2D eigenvalue weighted by atomic mass is 35.5. The maximum Gasteiger partial charge on any atom is 0.416 e. The van der Waals surface area contributed by atoms with Gasteiger partial charge in [0, 0.05) is 5.56 Å². The van der Waals surface area contributed by atoms with E-state index in [0.717, 1.165) is 12.1 Å². The molecule has 20 heavy (non-hydrogen) atoms. The van der Waals surface area contributed by atoms with Gasteiger partial charge in [0.1, 0.15) is 11.5 Å². The molecular formula is C15H8ClF3O. The molecule has 0 unspecified atom stereocenters. The van der Waals surface area contributed by atoms with Crippen LogP contribution in [0.25, 0.3) is 0 Å². The highest BCUT2D eigenvalue weighted by Gasteiger charge is 2.31. The van der Waals surface area contributed by atoms with E-state index in [1.807, 2.05) is 0 Å². The van der Waals surface area contributed by atoms with Gasteiger partial charge in [-0.3, -0.25) is 0 Å². The first-order chi connectivity index (χ1) is 9.40. The van der Waals surface area contributed by atoms with E-state index in [9.17, 15) is 13.2 Å². The summed E-state index contributed by atoms with van der Waals surface area (Å²) in [5, 5.41) is -0.110. The average Bonchev–Trinajstić information content (AvgIpc) is 2.41. The van der Waals surface area contributed by atoms with Crippen LogP contribution < -0.4 is 4.74 Å². The molecule has 0 heterocycles. The lowest BCUT2D eigenvalue weighted by Crippen LogP contribution is -2.04. The molecule has 0 spiro atoms. The van der Waals surface area contributed by atoms with Gasteiger partial charge in [-0.25, -0.2) is 0 Å². The Morgan fingerprint density at radius 2 is 1.70 bits per heavy atom. The lowest BCUT2D eigenvalue weighted by atomic mass is 10.2. The number of hydrogen-bond acceptors (Lipinski definition) is 1. The zero-order valence-corrected chi connectivity index (χ0v) is 10.8. The largest absolute Gasteiger partial charge is 0.456 e. The molecule has 0 saturated heterocycles. The van der Waals surface area contributed by atoms with Crippen molar-refractivity contribution in [2.45, 2.75) is 6.18 Å². The van der Waals surface area contributed by atoms with Crippen molar-refractivity contribution in [2.24, 2.45) is 0 Å². The highest BCUT2D eigenvalue weighted by Crippen LogP contribution is 2.36. The number of hydrogen-bond donors (Lipinski definition) is 0. The summed E-state index contributed by atoms with van der Waals surface area (Å²) in [5.74, 6) is 3.03. The molecule has 2 aromatic rings. The Labute approximate surface area is 118 Å². The van der Waals surface area contributed by atoms with Crippen molar-refractivity contribution >= 4 is 11.6 Å². The van der Waals surface area contributed by atoms with E-state index < -0.39 is 11.7 Å². The Morgan fingerprint density at radius 3 is 2.20 bits per heavy atom. The summed E-state index contributed by atoms with van der Waals surface area (Å²) in [6, 6.07) is 9.47. The molecule has 2 rings (SSSR count). The van der Waals surface area contributed by atoms with Crippen molar-refractivity contribution in [1.29, 1.82) is 0 Å². The van der Waals surface area contributed by atoms with Crippen LogP contribution in [-0.4, -0.2) is 0 Å². The van der Waals surface area contributed by atoms with Gasteiger partial charge in [-0.1, -0.05) is 17.5 Å². The fourth-order valence-electron chi connectivity index (χ4n) is 1.51. The Balaban J connectivity index is 2.23. The van der Waals surface area contributed by atoms with Crippen molar-refractivity contribution in [3.8, 4) is 23.8 Å². The SMILES string of the molecule is C#Cc1ccc(Oc2ccc(C(F)(F)F)cc2Cl)cc1. The topological polar surface area (TPSA) is 9.23 Å². The molecule has 0 aliphatic heterocycles. The van der Waals surface area contributed by atoms with Gasteiger partial charge in [-0.15, -0.1) is 6.42 Å². The fourth-order valence-corrected chi connectivity index (χ4v) is 1.73. The molecule has 0 aliphatic carbocycles. The zero-order chi connectivity index (χ0) is 14.8. The Bertz CT molecular complexity index is 654. The quantitative estimate of drug-likeness (QED) is 0.698. The normalized spacial score (nSPS) is 10.9. The third kappa shape index (κ3) is 3.25. The first-order valence-corrected chi connectivity index (χ1v) is 5.89. The van der Waals surface area contributed by atoms with Crippen molar-refractivity contribution in [2.75, 3.05) is 0 Å². The van der Waals surface area contributed by atoms with E-state index in [0.29, 0.717) is 11.3 Å². The van der Waals surface area contributed by atoms with Crippen LogP contribution in [0.2, 0.25) is 5.02 Å². The van der Waals surface area contributed by atoms with Crippen LogP contribution >= 0.6 is 11.6 Å². The number of benzene rings is 2. The maximum atomic E-state index is 12.5. The number of alkyl halides is 3. The summed E-state index contributed by atoms with van der Waals surface area (Å²) in [6.07, 6.45) is 0.782. The van der Waals surface area contributed by atoms with Crippen LogP contribution in [-0.2, 0) is 6.18 Å². The number of rotatable bonds is 2. The number of terminal acetylenes is 1. The van der Waals surface area contributed by atoms with Crippen LogP contribution in [0.1, 0.15) is 11.1 Å². The van der Waals surface area contributed by atoms with Gasteiger partial charge in [0.05, 0.1) is 10.6 Å². The molecule has 0 aliphatic rings. The highest BCUT2D eigenvalue weighted by molar-refractivity contribution is 6.32. The molecule has 0 aromatic heterocycles. The van der Waals surface area contributed by atoms with E-state index in [2.05, 4.69) is 5.92 Å². The third-order valence-corrected chi connectivity index (χ3v) is 2.80. The molecule has 0 atom stereocenters. The monoisotopic (exact) mass is 296 g/mol. The summed E-state index contributed by atoms with van der Waals surface area (Å²) < 4.78 is 42.9. The van der Waals surface area contributed by atoms with Crippen LogP contribution in [0, 0.1) is 12.3 Å². The second kappa shape index (κ2) is 5.48. The van der Waals surface area contributed by atoms with Gasteiger partial charge in [0.25, 0.3) is 0 Å².